The third-order valence-corrected chi connectivity index (χ3v) is 11.1. The summed E-state index contributed by atoms with van der Waals surface area (Å²) in [5.74, 6) is -0.0422. The molecule has 2 aromatic carbocycles. The van der Waals surface area contributed by atoms with Crippen LogP contribution in [0.25, 0.3) is 0 Å². The SMILES string of the molecule is Cc1cc(N)c(C(=O)N2c3ccccc3C[C@H]2CO[Si](C)(C)C(C)(C)C)cc1C. The van der Waals surface area contributed by atoms with E-state index in [9.17, 15) is 4.79 Å². The lowest BCUT2D eigenvalue weighted by atomic mass is 10.0. The van der Waals surface area contributed by atoms with Crippen LogP contribution in [-0.4, -0.2) is 26.9 Å². The minimum Gasteiger partial charge on any atom is -0.415 e. The van der Waals surface area contributed by atoms with Gasteiger partial charge < -0.3 is 15.1 Å². The first-order chi connectivity index (χ1) is 13.4. The van der Waals surface area contributed by atoms with Crippen LogP contribution in [0.4, 0.5) is 11.4 Å². The second-order valence-electron chi connectivity index (χ2n) is 9.76. The number of anilines is 2. The molecule has 2 aromatic rings. The molecule has 0 fully saturated rings. The van der Waals surface area contributed by atoms with Crippen molar-refractivity contribution in [2.75, 3.05) is 17.2 Å². The van der Waals surface area contributed by atoms with Gasteiger partial charge in [0.05, 0.1) is 18.2 Å². The number of carbonyl (C=O) groups is 1. The van der Waals surface area contributed by atoms with Gasteiger partial charge in [-0.2, -0.15) is 0 Å². The fourth-order valence-corrected chi connectivity index (χ4v) is 4.59. The molecule has 2 N–H and O–H groups in total. The highest BCUT2D eigenvalue weighted by atomic mass is 28.4. The molecule has 0 unspecified atom stereocenters. The predicted molar refractivity (Wildman–Crippen MR) is 124 cm³/mol. The van der Waals surface area contributed by atoms with E-state index in [0.29, 0.717) is 17.9 Å². The zero-order valence-electron chi connectivity index (χ0n) is 18.8. The standard InChI is InChI=1S/C24H34N2O2Si/c1-16-12-20(21(25)13-17(16)2)23(27)26-19(14-18-10-8-9-11-22(18)26)15-28-29(6,7)24(3,4)5/h8-13,19H,14-15,25H2,1-7H3/t19-/m0/s1. The molecular formula is C24H34N2O2Si. The molecule has 0 spiro atoms. The second kappa shape index (κ2) is 7.61. The number of aryl methyl sites for hydroxylation is 2. The van der Waals surface area contributed by atoms with Gasteiger partial charge in [0, 0.05) is 11.4 Å². The van der Waals surface area contributed by atoms with E-state index in [4.69, 9.17) is 10.2 Å². The number of nitrogens with two attached hydrogens (primary N) is 1. The molecule has 29 heavy (non-hydrogen) atoms. The lowest BCUT2D eigenvalue weighted by Crippen LogP contribution is -2.47. The van der Waals surface area contributed by atoms with Gasteiger partial charge in [-0.3, -0.25) is 4.79 Å². The Kier molecular flexibility index (Phi) is 5.67. The van der Waals surface area contributed by atoms with Crippen LogP contribution in [0.15, 0.2) is 36.4 Å². The van der Waals surface area contributed by atoms with Gasteiger partial charge in [0.15, 0.2) is 8.32 Å². The summed E-state index contributed by atoms with van der Waals surface area (Å²) in [5, 5.41) is 0.131. The fourth-order valence-electron chi connectivity index (χ4n) is 3.54. The molecule has 0 saturated carbocycles. The average Bonchev–Trinajstić information content (AvgIpc) is 3.00. The third kappa shape index (κ3) is 4.12. The minimum absolute atomic E-state index is 0.0185. The second-order valence-corrected chi connectivity index (χ2v) is 14.6. The Morgan fingerprint density at radius 1 is 1.17 bits per heavy atom. The summed E-state index contributed by atoms with van der Waals surface area (Å²) >= 11 is 0. The highest BCUT2D eigenvalue weighted by Crippen LogP contribution is 2.39. The van der Waals surface area contributed by atoms with Gasteiger partial charge in [0.2, 0.25) is 0 Å². The van der Waals surface area contributed by atoms with Crippen molar-refractivity contribution in [3.05, 3.63) is 58.7 Å². The number of fused-ring (bicyclic) bond motifs is 1. The van der Waals surface area contributed by atoms with Crippen molar-refractivity contribution in [2.24, 2.45) is 0 Å². The number of para-hydroxylation sites is 1. The molecule has 0 radical (unpaired) electrons. The van der Waals surface area contributed by atoms with E-state index in [0.717, 1.165) is 23.2 Å². The minimum atomic E-state index is -1.91. The zero-order chi connectivity index (χ0) is 21.6. The molecule has 3 rings (SSSR count). The maximum absolute atomic E-state index is 13.6. The number of benzene rings is 2. The van der Waals surface area contributed by atoms with Gasteiger partial charge in [0.1, 0.15) is 0 Å². The van der Waals surface area contributed by atoms with E-state index in [2.05, 4.69) is 39.9 Å². The van der Waals surface area contributed by atoms with E-state index in [1.807, 2.05) is 49.1 Å². The molecule has 1 aliphatic rings. The molecule has 1 amide bonds. The molecule has 0 saturated heterocycles. The predicted octanol–water partition coefficient (Wildman–Crippen LogP) is 5.48. The summed E-state index contributed by atoms with van der Waals surface area (Å²) in [6.07, 6.45) is 0.807. The van der Waals surface area contributed by atoms with Crippen molar-refractivity contribution in [1.82, 2.24) is 0 Å². The lowest BCUT2D eigenvalue weighted by Gasteiger charge is -2.38. The molecule has 5 heteroatoms. The molecule has 0 aliphatic carbocycles. The Morgan fingerprint density at radius 2 is 1.79 bits per heavy atom. The van der Waals surface area contributed by atoms with Gasteiger partial charge >= 0.3 is 0 Å². The van der Waals surface area contributed by atoms with E-state index in [1.54, 1.807) is 0 Å². The normalized spacial score (nSPS) is 16.8. The van der Waals surface area contributed by atoms with Crippen molar-refractivity contribution >= 4 is 25.6 Å². The lowest BCUT2D eigenvalue weighted by molar-refractivity contribution is 0.0970. The van der Waals surface area contributed by atoms with Crippen molar-refractivity contribution < 1.29 is 9.22 Å². The maximum Gasteiger partial charge on any atom is 0.260 e. The maximum atomic E-state index is 13.6. The van der Waals surface area contributed by atoms with E-state index < -0.39 is 8.32 Å². The molecular weight excluding hydrogens is 376 g/mol. The van der Waals surface area contributed by atoms with E-state index in [-0.39, 0.29) is 17.0 Å². The number of carbonyl (C=O) groups excluding carboxylic acids is 1. The average molecular weight is 411 g/mol. The topological polar surface area (TPSA) is 55.6 Å². The van der Waals surface area contributed by atoms with Crippen LogP contribution >= 0.6 is 0 Å². The smallest absolute Gasteiger partial charge is 0.260 e. The van der Waals surface area contributed by atoms with Crippen LogP contribution in [0.5, 0.6) is 0 Å². The summed E-state index contributed by atoms with van der Waals surface area (Å²) in [4.78, 5) is 15.5. The van der Waals surface area contributed by atoms with Gasteiger partial charge in [-0.1, -0.05) is 39.0 Å². The first-order valence-electron chi connectivity index (χ1n) is 10.3. The largest absolute Gasteiger partial charge is 0.415 e. The number of nitrogen functional groups attached to an aromatic ring is 1. The van der Waals surface area contributed by atoms with Crippen LogP contribution in [0.1, 0.15) is 47.8 Å². The van der Waals surface area contributed by atoms with Crippen LogP contribution in [0.2, 0.25) is 18.1 Å². The quantitative estimate of drug-likeness (QED) is 0.536. The van der Waals surface area contributed by atoms with Crippen molar-refractivity contribution in [2.45, 2.75) is 65.2 Å². The molecule has 0 aromatic heterocycles. The number of hydrogen-bond acceptors (Lipinski definition) is 3. The van der Waals surface area contributed by atoms with Gasteiger partial charge in [0.25, 0.3) is 5.91 Å². The van der Waals surface area contributed by atoms with Gasteiger partial charge in [-0.25, -0.2) is 0 Å². The van der Waals surface area contributed by atoms with Gasteiger partial charge in [-0.05, 0) is 73.3 Å². The molecule has 1 atom stereocenters. The van der Waals surface area contributed by atoms with Gasteiger partial charge in [-0.15, -0.1) is 0 Å². The zero-order valence-corrected chi connectivity index (χ0v) is 19.8. The molecule has 156 valence electrons. The highest BCUT2D eigenvalue weighted by molar-refractivity contribution is 6.74. The Morgan fingerprint density at radius 3 is 2.45 bits per heavy atom. The van der Waals surface area contributed by atoms with Crippen LogP contribution in [-0.2, 0) is 10.8 Å². The molecule has 1 heterocycles. The summed E-state index contributed by atoms with van der Waals surface area (Å²) in [6.45, 7) is 15.8. The number of nitrogens with zero attached hydrogens (tertiary/aromatic N) is 1. The third-order valence-electron chi connectivity index (χ3n) is 6.63. The van der Waals surface area contributed by atoms with E-state index in [1.165, 1.54) is 5.56 Å². The summed E-state index contributed by atoms with van der Waals surface area (Å²) in [6, 6.07) is 11.9. The Balaban J connectivity index is 1.94. The van der Waals surface area contributed by atoms with Crippen molar-refractivity contribution in [3.63, 3.8) is 0 Å². The fraction of sp³-hybridized carbons (Fsp3) is 0.458. The van der Waals surface area contributed by atoms with Crippen molar-refractivity contribution in [1.29, 1.82) is 0 Å². The Labute approximate surface area is 176 Å². The molecule has 4 nitrogen and oxygen atoms in total. The monoisotopic (exact) mass is 410 g/mol. The summed E-state index contributed by atoms with van der Waals surface area (Å²) in [5.41, 5.74) is 11.7. The Bertz CT molecular complexity index is 931. The Hall–Kier alpha value is -2.11. The number of hydrogen-bond donors (Lipinski definition) is 1. The van der Waals surface area contributed by atoms with Crippen LogP contribution < -0.4 is 10.6 Å². The van der Waals surface area contributed by atoms with Crippen LogP contribution in [0, 0.1) is 13.8 Å². The number of amides is 1. The first kappa shape index (κ1) is 21.6. The van der Waals surface area contributed by atoms with E-state index >= 15 is 0 Å². The summed E-state index contributed by atoms with van der Waals surface area (Å²) < 4.78 is 6.51. The molecule has 1 aliphatic heterocycles. The number of rotatable bonds is 4. The van der Waals surface area contributed by atoms with Crippen LogP contribution in [0.3, 0.4) is 0 Å². The first-order valence-corrected chi connectivity index (χ1v) is 13.3. The van der Waals surface area contributed by atoms with Crippen molar-refractivity contribution in [3.8, 4) is 0 Å². The molecule has 0 bridgehead atoms. The highest BCUT2D eigenvalue weighted by Gasteiger charge is 2.40. The summed E-state index contributed by atoms with van der Waals surface area (Å²) in [7, 11) is -1.91.